The normalized spacial score (nSPS) is 11.8. The highest BCUT2D eigenvalue weighted by atomic mass is 32.2. The number of aryl methyl sites for hydroxylation is 1. The first-order valence-electron chi connectivity index (χ1n) is 6.97. The molecule has 0 aliphatic heterocycles. The van der Waals surface area contributed by atoms with E-state index >= 15 is 0 Å². The van der Waals surface area contributed by atoms with Crippen LogP contribution in [-0.4, -0.2) is 21.9 Å². The molecule has 0 fully saturated rings. The number of nitrogens with zero attached hydrogens (tertiary/aromatic N) is 1. The van der Waals surface area contributed by atoms with Gasteiger partial charge in [-0.05, 0) is 44.5 Å². The number of pyridine rings is 1. The fourth-order valence-electron chi connectivity index (χ4n) is 1.82. The van der Waals surface area contributed by atoms with Gasteiger partial charge in [0.2, 0.25) is 5.91 Å². The monoisotopic (exact) mass is 314 g/mol. The molecular formula is C17H18N2O2S. The Kier molecular flexibility index (Phi) is 5.33. The van der Waals surface area contributed by atoms with Crippen LogP contribution < -0.4 is 5.32 Å². The molecule has 0 bridgehead atoms. The summed E-state index contributed by atoms with van der Waals surface area (Å²) in [6, 6.07) is 10.8. The largest absolute Gasteiger partial charge is 0.325 e. The summed E-state index contributed by atoms with van der Waals surface area (Å²) >= 11 is 1.40. The van der Waals surface area contributed by atoms with Gasteiger partial charge < -0.3 is 5.32 Å². The molecule has 1 N–H and O–H groups in total. The quantitative estimate of drug-likeness (QED) is 0.675. The number of aromatic nitrogens is 1. The molecule has 0 saturated carbocycles. The third kappa shape index (κ3) is 4.43. The minimum absolute atomic E-state index is 0.0256. The summed E-state index contributed by atoms with van der Waals surface area (Å²) in [5.41, 5.74) is 2.29. The molecule has 0 aliphatic rings. The highest BCUT2D eigenvalue weighted by Crippen LogP contribution is 2.22. The Bertz CT molecular complexity index is 683. The van der Waals surface area contributed by atoms with Crippen LogP contribution in [0.2, 0.25) is 0 Å². The van der Waals surface area contributed by atoms with Crippen LogP contribution in [0.4, 0.5) is 5.69 Å². The van der Waals surface area contributed by atoms with Crippen molar-refractivity contribution in [2.75, 3.05) is 5.32 Å². The van der Waals surface area contributed by atoms with Crippen LogP contribution in [0.1, 0.15) is 29.8 Å². The number of amides is 1. The number of thioether (sulfide) groups is 1. The Hall–Kier alpha value is -2.14. The molecule has 1 atom stereocenters. The van der Waals surface area contributed by atoms with E-state index in [-0.39, 0.29) is 16.9 Å². The van der Waals surface area contributed by atoms with E-state index in [0.29, 0.717) is 11.3 Å². The lowest BCUT2D eigenvalue weighted by molar-refractivity contribution is -0.115. The molecule has 1 amide bonds. The van der Waals surface area contributed by atoms with Crippen LogP contribution in [0, 0.1) is 6.92 Å². The minimum atomic E-state index is -0.281. The molecule has 0 spiro atoms. The standard InChI is InChI=1S/C17H18N2O2S/c1-11-7-8-16(18-10-11)22-13(3)17(21)19-15-6-4-5-14(9-15)12(2)20/h4-10,13H,1-3H3,(H,19,21). The molecule has 2 aromatic rings. The van der Waals surface area contributed by atoms with Gasteiger partial charge in [-0.1, -0.05) is 30.0 Å². The van der Waals surface area contributed by atoms with Crippen molar-refractivity contribution in [1.82, 2.24) is 4.98 Å². The van der Waals surface area contributed by atoms with E-state index in [1.165, 1.54) is 18.7 Å². The van der Waals surface area contributed by atoms with Gasteiger partial charge in [0.15, 0.2) is 5.78 Å². The summed E-state index contributed by atoms with van der Waals surface area (Å²) in [6.45, 7) is 5.30. The third-order valence-electron chi connectivity index (χ3n) is 3.09. The lowest BCUT2D eigenvalue weighted by Crippen LogP contribution is -2.22. The predicted octanol–water partition coefficient (Wildman–Crippen LogP) is 3.71. The highest BCUT2D eigenvalue weighted by Gasteiger charge is 2.15. The van der Waals surface area contributed by atoms with Gasteiger partial charge in [-0.25, -0.2) is 4.98 Å². The molecular weight excluding hydrogens is 296 g/mol. The Morgan fingerprint density at radius 2 is 2.00 bits per heavy atom. The zero-order valence-corrected chi connectivity index (χ0v) is 13.6. The van der Waals surface area contributed by atoms with Gasteiger partial charge in [0.25, 0.3) is 0 Å². The molecule has 1 aromatic carbocycles. The van der Waals surface area contributed by atoms with Gasteiger partial charge in [0, 0.05) is 17.4 Å². The SMILES string of the molecule is CC(=O)c1cccc(NC(=O)C(C)Sc2ccc(C)cn2)c1. The van der Waals surface area contributed by atoms with E-state index in [4.69, 9.17) is 0 Å². The number of rotatable bonds is 5. The number of anilines is 1. The zero-order chi connectivity index (χ0) is 16.1. The maximum atomic E-state index is 12.2. The van der Waals surface area contributed by atoms with Crippen molar-refractivity contribution in [2.24, 2.45) is 0 Å². The van der Waals surface area contributed by atoms with Gasteiger partial charge in [-0.2, -0.15) is 0 Å². The maximum absolute atomic E-state index is 12.2. The molecule has 2 rings (SSSR count). The molecule has 1 aromatic heterocycles. The van der Waals surface area contributed by atoms with Crippen molar-refractivity contribution in [1.29, 1.82) is 0 Å². The summed E-state index contributed by atoms with van der Waals surface area (Å²) in [6.07, 6.45) is 1.78. The Balaban J connectivity index is 2.00. The average molecular weight is 314 g/mol. The fraction of sp³-hybridized carbons (Fsp3) is 0.235. The van der Waals surface area contributed by atoms with E-state index in [1.54, 1.807) is 30.5 Å². The molecule has 114 valence electrons. The van der Waals surface area contributed by atoms with Crippen molar-refractivity contribution >= 4 is 29.1 Å². The molecule has 4 nitrogen and oxygen atoms in total. The summed E-state index contributed by atoms with van der Waals surface area (Å²) in [5.74, 6) is -0.143. The average Bonchev–Trinajstić information content (AvgIpc) is 2.49. The van der Waals surface area contributed by atoms with Gasteiger partial charge in [-0.15, -0.1) is 0 Å². The van der Waals surface area contributed by atoms with Crippen LogP contribution in [0.3, 0.4) is 0 Å². The van der Waals surface area contributed by atoms with Crippen LogP contribution >= 0.6 is 11.8 Å². The predicted molar refractivity (Wildman–Crippen MR) is 89.4 cm³/mol. The Morgan fingerprint density at radius 3 is 2.64 bits per heavy atom. The number of carbonyl (C=O) groups excluding carboxylic acids is 2. The fourth-order valence-corrected chi connectivity index (χ4v) is 2.61. The van der Waals surface area contributed by atoms with Crippen LogP contribution in [0.5, 0.6) is 0 Å². The second-order valence-electron chi connectivity index (χ2n) is 5.06. The van der Waals surface area contributed by atoms with Crippen molar-refractivity contribution < 1.29 is 9.59 Å². The third-order valence-corrected chi connectivity index (χ3v) is 4.14. The van der Waals surface area contributed by atoms with Crippen molar-refractivity contribution in [3.05, 3.63) is 53.7 Å². The van der Waals surface area contributed by atoms with Crippen molar-refractivity contribution in [3.8, 4) is 0 Å². The van der Waals surface area contributed by atoms with E-state index in [2.05, 4.69) is 10.3 Å². The first-order valence-corrected chi connectivity index (χ1v) is 7.85. The molecule has 0 aliphatic carbocycles. The van der Waals surface area contributed by atoms with Gasteiger partial charge >= 0.3 is 0 Å². The zero-order valence-electron chi connectivity index (χ0n) is 12.8. The smallest absolute Gasteiger partial charge is 0.237 e. The number of hydrogen-bond acceptors (Lipinski definition) is 4. The van der Waals surface area contributed by atoms with Gasteiger partial charge in [-0.3, -0.25) is 9.59 Å². The topological polar surface area (TPSA) is 59.1 Å². The maximum Gasteiger partial charge on any atom is 0.237 e. The Morgan fingerprint density at radius 1 is 1.23 bits per heavy atom. The second-order valence-corrected chi connectivity index (χ2v) is 6.42. The minimum Gasteiger partial charge on any atom is -0.325 e. The van der Waals surface area contributed by atoms with Crippen LogP contribution in [0.15, 0.2) is 47.6 Å². The first-order chi connectivity index (χ1) is 10.5. The number of ketones is 1. The summed E-state index contributed by atoms with van der Waals surface area (Å²) in [4.78, 5) is 27.9. The highest BCUT2D eigenvalue weighted by molar-refractivity contribution is 8.00. The van der Waals surface area contributed by atoms with Crippen molar-refractivity contribution in [3.63, 3.8) is 0 Å². The van der Waals surface area contributed by atoms with E-state index in [1.807, 2.05) is 26.0 Å². The van der Waals surface area contributed by atoms with Crippen molar-refractivity contribution in [2.45, 2.75) is 31.0 Å². The number of hydrogen-bond donors (Lipinski definition) is 1. The second kappa shape index (κ2) is 7.22. The molecule has 0 radical (unpaired) electrons. The Labute approximate surface area is 134 Å². The summed E-state index contributed by atoms with van der Waals surface area (Å²) < 4.78 is 0. The first kappa shape index (κ1) is 16.2. The van der Waals surface area contributed by atoms with Gasteiger partial charge in [0.05, 0.1) is 10.3 Å². The number of nitrogens with one attached hydrogen (secondary N) is 1. The van der Waals surface area contributed by atoms with Gasteiger partial charge in [0.1, 0.15) is 0 Å². The lowest BCUT2D eigenvalue weighted by Gasteiger charge is -2.12. The number of carbonyl (C=O) groups is 2. The molecule has 5 heteroatoms. The van der Waals surface area contributed by atoms with E-state index < -0.39 is 0 Å². The molecule has 1 heterocycles. The van der Waals surface area contributed by atoms with E-state index in [9.17, 15) is 9.59 Å². The lowest BCUT2D eigenvalue weighted by atomic mass is 10.1. The van der Waals surface area contributed by atoms with Crippen LogP contribution in [0.25, 0.3) is 0 Å². The summed E-state index contributed by atoms with van der Waals surface area (Å²) in [5, 5.41) is 3.36. The number of Topliss-reactive ketones (excluding diaryl/α,β-unsaturated/α-hetero) is 1. The molecule has 1 unspecified atom stereocenters. The number of benzene rings is 1. The van der Waals surface area contributed by atoms with Crippen LogP contribution in [-0.2, 0) is 4.79 Å². The molecule has 0 saturated heterocycles. The summed E-state index contributed by atoms with van der Waals surface area (Å²) in [7, 11) is 0. The molecule has 22 heavy (non-hydrogen) atoms. The van der Waals surface area contributed by atoms with E-state index in [0.717, 1.165) is 10.6 Å².